The average molecular weight is 288 g/mol. The predicted molar refractivity (Wildman–Crippen MR) is 85.1 cm³/mol. The molecule has 1 fully saturated rings. The van der Waals surface area contributed by atoms with Gasteiger partial charge in [-0.3, -0.25) is 4.68 Å². The molecule has 3 rings (SSSR count). The van der Waals surface area contributed by atoms with E-state index >= 15 is 0 Å². The van der Waals surface area contributed by atoms with E-state index < -0.39 is 0 Å². The number of rotatable bonds is 4. The highest BCUT2D eigenvalue weighted by molar-refractivity contribution is 5.09. The van der Waals surface area contributed by atoms with Gasteiger partial charge in [0, 0.05) is 12.6 Å². The van der Waals surface area contributed by atoms with Crippen molar-refractivity contribution >= 4 is 0 Å². The molecule has 2 aliphatic rings. The van der Waals surface area contributed by atoms with E-state index in [0.717, 1.165) is 18.5 Å². The second kappa shape index (κ2) is 6.35. The summed E-state index contributed by atoms with van der Waals surface area (Å²) in [5.74, 6) is 0.982. The van der Waals surface area contributed by atoms with Gasteiger partial charge in [0.05, 0.1) is 17.8 Å². The minimum atomic E-state index is -0.261. The van der Waals surface area contributed by atoms with E-state index in [1.165, 1.54) is 31.3 Å². The first-order chi connectivity index (χ1) is 10.1. The van der Waals surface area contributed by atoms with Gasteiger partial charge in [-0.25, -0.2) is 0 Å². The zero-order valence-corrected chi connectivity index (χ0v) is 13.3. The molecule has 3 heteroatoms. The fraction of sp³-hybridized carbons (Fsp3) is 0.722. The molecule has 1 aromatic heterocycles. The Kier molecular flexibility index (Phi) is 4.48. The molecule has 0 aromatic carbocycles. The van der Waals surface area contributed by atoms with Crippen LogP contribution in [-0.4, -0.2) is 21.0 Å². The van der Waals surface area contributed by atoms with E-state index in [9.17, 15) is 5.11 Å². The molecule has 0 bridgehead atoms. The van der Waals surface area contributed by atoms with Gasteiger partial charge in [-0.15, -0.1) is 0 Å². The van der Waals surface area contributed by atoms with E-state index in [1.807, 2.05) is 0 Å². The number of aromatic nitrogens is 2. The summed E-state index contributed by atoms with van der Waals surface area (Å²) in [6.07, 6.45) is 12.2. The zero-order chi connectivity index (χ0) is 14.8. The first-order valence-electron chi connectivity index (χ1n) is 8.51. The molecule has 1 saturated carbocycles. The molecule has 0 radical (unpaired) electrons. The van der Waals surface area contributed by atoms with E-state index in [-0.39, 0.29) is 6.10 Å². The smallest absolute Gasteiger partial charge is 0.0650 e. The molecular weight excluding hydrogens is 260 g/mol. The van der Waals surface area contributed by atoms with Crippen molar-refractivity contribution in [1.29, 1.82) is 0 Å². The summed E-state index contributed by atoms with van der Waals surface area (Å²) in [6.45, 7) is 4.43. The van der Waals surface area contributed by atoms with Gasteiger partial charge in [0.2, 0.25) is 0 Å². The highest BCUT2D eigenvalue weighted by Gasteiger charge is 2.26. The number of allylic oxidation sites excluding steroid dienone is 2. The van der Waals surface area contributed by atoms with Crippen molar-refractivity contribution in [3.05, 3.63) is 29.6 Å². The Morgan fingerprint density at radius 2 is 2.14 bits per heavy atom. The van der Waals surface area contributed by atoms with Gasteiger partial charge < -0.3 is 5.11 Å². The van der Waals surface area contributed by atoms with E-state index in [1.54, 1.807) is 0 Å². The van der Waals surface area contributed by atoms with Gasteiger partial charge in [-0.2, -0.15) is 5.10 Å². The van der Waals surface area contributed by atoms with Crippen LogP contribution in [0.2, 0.25) is 0 Å². The number of nitrogens with zero attached hydrogens (tertiary/aromatic N) is 2. The van der Waals surface area contributed by atoms with Crippen molar-refractivity contribution in [2.75, 3.05) is 0 Å². The highest BCUT2D eigenvalue weighted by atomic mass is 16.3. The fourth-order valence-electron chi connectivity index (χ4n) is 4.13. The number of hydrogen-bond acceptors (Lipinski definition) is 2. The normalized spacial score (nSPS) is 28.6. The molecule has 116 valence electrons. The van der Waals surface area contributed by atoms with Crippen molar-refractivity contribution in [1.82, 2.24) is 9.78 Å². The third-order valence-electron chi connectivity index (χ3n) is 5.15. The predicted octanol–water partition coefficient (Wildman–Crippen LogP) is 3.89. The average Bonchev–Trinajstić information content (AvgIpc) is 3.07. The molecule has 3 atom stereocenters. The minimum Gasteiger partial charge on any atom is -0.392 e. The van der Waals surface area contributed by atoms with Crippen LogP contribution in [0.25, 0.3) is 0 Å². The Hall–Kier alpha value is -1.09. The number of aliphatic hydroxyl groups is 1. The van der Waals surface area contributed by atoms with Crippen LogP contribution in [0.1, 0.15) is 64.1 Å². The van der Waals surface area contributed by atoms with Gasteiger partial charge in [0.25, 0.3) is 0 Å². The Balaban J connectivity index is 1.59. The quantitative estimate of drug-likeness (QED) is 0.853. The summed E-state index contributed by atoms with van der Waals surface area (Å²) < 4.78 is 2.13. The van der Waals surface area contributed by atoms with Gasteiger partial charge in [-0.05, 0) is 50.5 Å². The summed E-state index contributed by atoms with van der Waals surface area (Å²) >= 11 is 0. The largest absolute Gasteiger partial charge is 0.392 e. The molecular formula is C18H28N2O. The van der Waals surface area contributed by atoms with Crippen molar-refractivity contribution in [3.63, 3.8) is 0 Å². The third kappa shape index (κ3) is 3.57. The van der Waals surface area contributed by atoms with Gasteiger partial charge in [-0.1, -0.05) is 31.4 Å². The van der Waals surface area contributed by atoms with Crippen molar-refractivity contribution in [2.45, 2.75) is 70.9 Å². The summed E-state index contributed by atoms with van der Waals surface area (Å²) in [7, 11) is 0. The second-order valence-electron chi connectivity index (χ2n) is 7.19. The maximum absolute atomic E-state index is 10.6. The first-order valence-corrected chi connectivity index (χ1v) is 8.51. The molecule has 21 heavy (non-hydrogen) atoms. The van der Waals surface area contributed by atoms with Crippen molar-refractivity contribution < 1.29 is 5.11 Å². The lowest BCUT2D eigenvalue weighted by atomic mass is 9.79. The Morgan fingerprint density at radius 1 is 1.38 bits per heavy atom. The van der Waals surface area contributed by atoms with Crippen LogP contribution in [0.5, 0.6) is 0 Å². The van der Waals surface area contributed by atoms with Crippen LogP contribution in [-0.2, 0) is 6.42 Å². The molecule has 2 aliphatic carbocycles. The highest BCUT2D eigenvalue weighted by Crippen LogP contribution is 2.32. The lowest BCUT2D eigenvalue weighted by Gasteiger charge is -2.29. The first kappa shape index (κ1) is 14.8. The standard InChI is InChI=1S/C18H28N2O/c1-13-9-14(2)11-15(10-13)18(21)12-16-7-8-20(19-16)17-5-3-4-6-17/h7-9,13,15,17-18,21H,3-6,10-12H2,1-2H3. The van der Waals surface area contributed by atoms with E-state index in [0.29, 0.717) is 24.3 Å². The third-order valence-corrected chi connectivity index (χ3v) is 5.15. The molecule has 0 aliphatic heterocycles. The zero-order valence-electron chi connectivity index (χ0n) is 13.3. The fourth-order valence-corrected chi connectivity index (χ4v) is 4.13. The molecule has 0 spiro atoms. The summed E-state index contributed by atoms with van der Waals surface area (Å²) in [5, 5.41) is 15.3. The topological polar surface area (TPSA) is 38.0 Å². The molecule has 1 heterocycles. The van der Waals surface area contributed by atoms with Gasteiger partial charge in [0.1, 0.15) is 0 Å². The van der Waals surface area contributed by atoms with Crippen LogP contribution in [0.4, 0.5) is 0 Å². The van der Waals surface area contributed by atoms with Crippen molar-refractivity contribution in [3.8, 4) is 0 Å². The van der Waals surface area contributed by atoms with Crippen LogP contribution in [0.15, 0.2) is 23.9 Å². The molecule has 1 N–H and O–H groups in total. The molecule has 3 unspecified atom stereocenters. The summed E-state index contributed by atoms with van der Waals surface area (Å²) in [5.41, 5.74) is 2.48. The van der Waals surface area contributed by atoms with Gasteiger partial charge in [0.15, 0.2) is 0 Å². The number of hydrogen-bond donors (Lipinski definition) is 1. The maximum Gasteiger partial charge on any atom is 0.0650 e. The Morgan fingerprint density at radius 3 is 2.86 bits per heavy atom. The monoisotopic (exact) mass is 288 g/mol. The summed E-state index contributed by atoms with van der Waals surface area (Å²) in [4.78, 5) is 0. The Bertz CT molecular complexity index is 499. The Labute approximate surface area is 128 Å². The molecule has 1 aromatic rings. The van der Waals surface area contributed by atoms with Gasteiger partial charge >= 0.3 is 0 Å². The SMILES string of the molecule is CC1=CC(C)CC(C(O)Cc2ccn(C3CCCC3)n2)C1. The molecule has 3 nitrogen and oxygen atoms in total. The van der Waals surface area contributed by atoms with E-state index in [2.05, 4.69) is 36.9 Å². The van der Waals surface area contributed by atoms with Crippen LogP contribution in [0.3, 0.4) is 0 Å². The van der Waals surface area contributed by atoms with E-state index in [4.69, 9.17) is 5.10 Å². The number of aliphatic hydroxyl groups excluding tert-OH is 1. The molecule has 0 saturated heterocycles. The lowest BCUT2D eigenvalue weighted by Crippen LogP contribution is -2.27. The minimum absolute atomic E-state index is 0.261. The van der Waals surface area contributed by atoms with Crippen LogP contribution in [0, 0.1) is 11.8 Å². The van der Waals surface area contributed by atoms with Crippen LogP contribution < -0.4 is 0 Å². The maximum atomic E-state index is 10.6. The molecule has 0 amide bonds. The lowest BCUT2D eigenvalue weighted by molar-refractivity contribution is 0.0921. The summed E-state index contributed by atoms with van der Waals surface area (Å²) in [6, 6.07) is 2.69. The van der Waals surface area contributed by atoms with Crippen molar-refractivity contribution in [2.24, 2.45) is 11.8 Å². The second-order valence-corrected chi connectivity index (χ2v) is 7.19. The van der Waals surface area contributed by atoms with Crippen LogP contribution >= 0.6 is 0 Å².